The lowest BCUT2D eigenvalue weighted by Gasteiger charge is -2.08. The molecule has 0 aromatic heterocycles. The zero-order chi connectivity index (χ0) is 13.7. The maximum Gasteiger partial charge on any atom is 0.124 e. The number of hydrogen-bond donors (Lipinski definition) is 1. The standard InChI is InChI=1S/C16H15FN2/c1-12-4-2-3-5-15(12)11-19-10-14-6-13(9-18)7-16(17)8-14/h2-8,19H,10-11H2,1H3. The highest BCUT2D eigenvalue weighted by molar-refractivity contribution is 5.33. The largest absolute Gasteiger partial charge is 0.309 e. The average Bonchev–Trinajstić information content (AvgIpc) is 2.40. The molecule has 0 unspecified atom stereocenters. The molecule has 0 atom stereocenters. The number of nitrogens with one attached hydrogen (secondary N) is 1. The second-order valence-corrected chi connectivity index (χ2v) is 4.49. The Bertz CT molecular complexity index is 614. The number of rotatable bonds is 4. The Morgan fingerprint density at radius 2 is 1.95 bits per heavy atom. The van der Waals surface area contributed by atoms with Gasteiger partial charge in [0.1, 0.15) is 5.82 Å². The molecule has 0 heterocycles. The zero-order valence-electron chi connectivity index (χ0n) is 10.8. The first-order valence-corrected chi connectivity index (χ1v) is 6.14. The van der Waals surface area contributed by atoms with Gasteiger partial charge in [0.25, 0.3) is 0 Å². The number of nitriles is 1. The summed E-state index contributed by atoms with van der Waals surface area (Å²) < 4.78 is 13.3. The van der Waals surface area contributed by atoms with Crippen LogP contribution in [0.15, 0.2) is 42.5 Å². The summed E-state index contributed by atoms with van der Waals surface area (Å²) in [5.74, 6) is -0.369. The van der Waals surface area contributed by atoms with E-state index in [-0.39, 0.29) is 5.82 Å². The Kier molecular flexibility index (Phi) is 4.27. The molecule has 0 radical (unpaired) electrons. The summed E-state index contributed by atoms with van der Waals surface area (Å²) in [6, 6.07) is 14.5. The van der Waals surface area contributed by atoms with E-state index in [4.69, 9.17) is 5.26 Å². The van der Waals surface area contributed by atoms with Crippen molar-refractivity contribution in [1.82, 2.24) is 5.32 Å². The van der Waals surface area contributed by atoms with Gasteiger partial charge in [-0.1, -0.05) is 24.3 Å². The molecule has 2 aromatic rings. The molecule has 0 aliphatic carbocycles. The van der Waals surface area contributed by atoms with Crippen LogP contribution in [0.4, 0.5) is 4.39 Å². The molecule has 0 spiro atoms. The van der Waals surface area contributed by atoms with Gasteiger partial charge in [0.15, 0.2) is 0 Å². The summed E-state index contributed by atoms with van der Waals surface area (Å²) in [5.41, 5.74) is 3.59. The van der Waals surface area contributed by atoms with Gasteiger partial charge in [-0.25, -0.2) is 4.39 Å². The van der Waals surface area contributed by atoms with Crippen LogP contribution in [-0.4, -0.2) is 0 Å². The lowest BCUT2D eigenvalue weighted by Crippen LogP contribution is -2.13. The van der Waals surface area contributed by atoms with Gasteiger partial charge in [-0.3, -0.25) is 0 Å². The molecule has 2 aromatic carbocycles. The zero-order valence-corrected chi connectivity index (χ0v) is 10.8. The predicted octanol–water partition coefficient (Wildman–Crippen LogP) is 3.30. The van der Waals surface area contributed by atoms with Crippen LogP contribution in [-0.2, 0) is 13.1 Å². The molecule has 0 aliphatic rings. The molecule has 0 amide bonds. The molecular formula is C16H15FN2. The average molecular weight is 254 g/mol. The number of hydrogen-bond acceptors (Lipinski definition) is 2. The molecule has 0 fully saturated rings. The van der Waals surface area contributed by atoms with Crippen LogP contribution in [0.1, 0.15) is 22.3 Å². The van der Waals surface area contributed by atoms with Crippen molar-refractivity contribution in [2.24, 2.45) is 0 Å². The Morgan fingerprint density at radius 3 is 2.68 bits per heavy atom. The first kappa shape index (κ1) is 13.3. The van der Waals surface area contributed by atoms with Crippen molar-refractivity contribution in [3.05, 3.63) is 70.5 Å². The number of aryl methyl sites for hydroxylation is 1. The Labute approximate surface area is 112 Å². The predicted molar refractivity (Wildman–Crippen MR) is 72.8 cm³/mol. The minimum atomic E-state index is -0.369. The van der Waals surface area contributed by atoms with Crippen LogP contribution < -0.4 is 5.32 Å². The van der Waals surface area contributed by atoms with E-state index in [2.05, 4.69) is 24.4 Å². The summed E-state index contributed by atoms with van der Waals surface area (Å²) in [4.78, 5) is 0. The molecule has 2 nitrogen and oxygen atoms in total. The van der Waals surface area contributed by atoms with E-state index in [1.807, 2.05) is 18.2 Å². The molecule has 0 saturated heterocycles. The third-order valence-corrected chi connectivity index (χ3v) is 2.99. The van der Waals surface area contributed by atoms with Gasteiger partial charge in [-0.15, -0.1) is 0 Å². The summed E-state index contributed by atoms with van der Waals surface area (Å²) >= 11 is 0. The van der Waals surface area contributed by atoms with Gasteiger partial charge in [-0.2, -0.15) is 5.26 Å². The fraction of sp³-hybridized carbons (Fsp3) is 0.188. The highest BCUT2D eigenvalue weighted by Gasteiger charge is 2.01. The highest BCUT2D eigenvalue weighted by atomic mass is 19.1. The molecular weight excluding hydrogens is 239 g/mol. The molecule has 0 aliphatic heterocycles. The van der Waals surface area contributed by atoms with Crippen molar-refractivity contribution in [3.8, 4) is 6.07 Å². The van der Waals surface area contributed by atoms with Gasteiger partial charge < -0.3 is 5.32 Å². The van der Waals surface area contributed by atoms with Gasteiger partial charge in [0, 0.05) is 13.1 Å². The van der Waals surface area contributed by atoms with Crippen LogP contribution in [0.3, 0.4) is 0 Å². The summed E-state index contributed by atoms with van der Waals surface area (Å²) in [5, 5.41) is 12.1. The SMILES string of the molecule is Cc1ccccc1CNCc1cc(F)cc(C#N)c1. The minimum absolute atomic E-state index is 0.354. The molecule has 2 rings (SSSR count). The van der Waals surface area contributed by atoms with E-state index in [0.29, 0.717) is 12.1 Å². The van der Waals surface area contributed by atoms with Gasteiger partial charge in [-0.05, 0) is 41.8 Å². The van der Waals surface area contributed by atoms with Crippen LogP contribution in [0.2, 0.25) is 0 Å². The molecule has 96 valence electrons. The van der Waals surface area contributed by atoms with E-state index in [0.717, 1.165) is 12.1 Å². The van der Waals surface area contributed by atoms with Crippen LogP contribution in [0.5, 0.6) is 0 Å². The number of benzene rings is 2. The van der Waals surface area contributed by atoms with Crippen molar-refractivity contribution in [2.75, 3.05) is 0 Å². The highest BCUT2D eigenvalue weighted by Crippen LogP contribution is 2.10. The van der Waals surface area contributed by atoms with Crippen LogP contribution in [0, 0.1) is 24.1 Å². The summed E-state index contributed by atoms with van der Waals surface area (Å²) in [6.45, 7) is 3.33. The van der Waals surface area contributed by atoms with E-state index in [9.17, 15) is 4.39 Å². The third kappa shape index (κ3) is 3.64. The van der Waals surface area contributed by atoms with Crippen molar-refractivity contribution in [2.45, 2.75) is 20.0 Å². The topological polar surface area (TPSA) is 35.8 Å². The fourth-order valence-electron chi connectivity index (χ4n) is 1.97. The first-order valence-electron chi connectivity index (χ1n) is 6.14. The molecule has 3 heteroatoms. The van der Waals surface area contributed by atoms with Gasteiger partial charge in [0.05, 0.1) is 11.6 Å². The monoisotopic (exact) mass is 254 g/mol. The molecule has 0 saturated carbocycles. The lowest BCUT2D eigenvalue weighted by atomic mass is 10.1. The van der Waals surface area contributed by atoms with Crippen molar-refractivity contribution < 1.29 is 4.39 Å². The van der Waals surface area contributed by atoms with Crippen LogP contribution in [0.25, 0.3) is 0 Å². The Morgan fingerprint density at radius 1 is 1.16 bits per heavy atom. The second-order valence-electron chi connectivity index (χ2n) is 4.49. The molecule has 19 heavy (non-hydrogen) atoms. The van der Waals surface area contributed by atoms with Gasteiger partial charge in [0.2, 0.25) is 0 Å². The third-order valence-electron chi connectivity index (χ3n) is 2.99. The first-order chi connectivity index (χ1) is 9.19. The van der Waals surface area contributed by atoms with Gasteiger partial charge >= 0.3 is 0 Å². The van der Waals surface area contributed by atoms with E-state index < -0.39 is 0 Å². The quantitative estimate of drug-likeness (QED) is 0.908. The normalized spacial score (nSPS) is 10.2. The molecule has 1 N–H and O–H groups in total. The second kappa shape index (κ2) is 6.12. The van der Waals surface area contributed by atoms with Crippen molar-refractivity contribution in [3.63, 3.8) is 0 Å². The smallest absolute Gasteiger partial charge is 0.124 e. The summed E-state index contributed by atoms with van der Waals surface area (Å²) in [6.07, 6.45) is 0. The van der Waals surface area contributed by atoms with Crippen molar-refractivity contribution >= 4 is 0 Å². The number of halogens is 1. The lowest BCUT2D eigenvalue weighted by molar-refractivity contribution is 0.619. The molecule has 0 bridgehead atoms. The van der Waals surface area contributed by atoms with E-state index in [1.54, 1.807) is 6.07 Å². The Balaban J connectivity index is 1.98. The van der Waals surface area contributed by atoms with Crippen molar-refractivity contribution in [1.29, 1.82) is 5.26 Å². The fourth-order valence-corrected chi connectivity index (χ4v) is 1.97. The Hall–Kier alpha value is -2.18. The summed E-state index contributed by atoms with van der Waals surface area (Å²) in [7, 11) is 0. The maximum atomic E-state index is 13.3. The maximum absolute atomic E-state index is 13.3. The van der Waals surface area contributed by atoms with Crippen LogP contribution >= 0.6 is 0 Å². The minimum Gasteiger partial charge on any atom is -0.309 e. The van der Waals surface area contributed by atoms with E-state index >= 15 is 0 Å². The number of nitrogens with zero attached hydrogens (tertiary/aromatic N) is 1. The van der Waals surface area contributed by atoms with E-state index in [1.165, 1.54) is 23.3 Å².